The van der Waals surface area contributed by atoms with E-state index < -0.39 is 16.6 Å². The Morgan fingerprint density at radius 3 is 2.65 bits per heavy atom. The van der Waals surface area contributed by atoms with Gasteiger partial charge < -0.3 is 4.74 Å². The molecule has 2 aromatic carbocycles. The van der Waals surface area contributed by atoms with Crippen LogP contribution in [-0.2, 0) is 6.61 Å². The van der Waals surface area contributed by atoms with Gasteiger partial charge >= 0.3 is 0 Å². The number of nitro benzene ring substituents is 1. The Kier molecular flexibility index (Phi) is 4.29. The number of hydrogen-bond acceptors (Lipinski definition) is 3. The molecule has 2 rings (SSSR count). The fourth-order valence-electron chi connectivity index (χ4n) is 1.54. The zero-order chi connectivity index (χ0) is 14.7. The molecule has 0 aliphatic carbocycles. The van der Waals surface area contributed by atoms with Crippen LogP contribution in [0.5, 0.6) is 5.75 Å². The maximum absolute atomic E-state index is 13.3. The van der Waals surface area contributed by atoms with Crippen LogP contribution in [-0.4, -0.2) is 4.92 Å². The van der Waals surface area contributed by atoms with Gasteiger partial charge in [0.2, 0.25) is 0 Å². The second-order valence-corrected chi connectivity index (χ2v) is 4.76. The third-order valence-corrected chi connectivity index (χ3v) is 3.17. The molecule has 0 spiro atoms. The first-order valence-corrected chi connectivity index (χ1v) is 6.27. The van der Waals surface area contributed by atoms with E-state index >= 15 is 0 Å². The van der Waals surface area contributed by atoms with E-state index in [-0.39, 0.29) is 18.0 Å². The Labute approximate surface area is 121 Å². The van der Waals surface area contributed by atoms with Crippen LogP contribution in [0.1, 0.15) is 5.56 Å². The monoisotopic (exact) mass is 343 g/mol. The lowest BCUT2D eigenvalue weighted by Gasteiger charge is -2.07. The number of benzene rings is 2. The summed E-state index contributed by atoms with van der Waals surface area (Å²) in [6, 6.07) is 7.25. The highest BCUT2D eigenvalue weighted by Gasteiger charge is 2.13. The van der Waals surface area contributed by atoms with Crippen LogP contribution in [0.4, 0.5) is 14.5 Å². The lowest BCUT2D eigenvalue weighted by molar-refractivity contribution is -0.385. The lowest BCUT2D eigenvalue weighted by atomic mass is 10.2. The van der Waals surface area contributed by atoms with Crippen LogP contribution < -0.4 is 4.74 Å². The van der Waals surface area contributed by atoms with Crippen molar-refractivity contribution in [3.8, 4) is 5.75 Å². The normalized spacial score (nSPS) is 10.3. The van der Waals surface area contributed by atoms with E-state index in [9.17, 15) is 18.9 Å². The predicted octanol–water partition coefficient (Wildman–Crippen LogP) is 4.21. The van der Waals surface area contributed by atoms with Crippen molar-refractivity contribution >= 4 is 21.6 Å². The van der Waals surface area contributed by atoms with Crippen molar-refractivity contribution in [3.63, 3.8) is 0 Å². The molecule has 0 aliphatic rings. The van der Waals surface area contributed by atoms with E-state index in [0.717, 1.165) is 18.2 Å². The first-order chi connectivity index (χ1) is 9.47. The summed E-state index contributed by atoms with van der Waals surface area (Å²) in [6.45, 7) is -0.103. The van der Waals surface area contributed by atoms with E-state index in [2.05, 4.69) is 15.9 Å². The molecule has 0 saturated carbocycles. The predicted molar refractivity (Wildman–Crippen MR) is 71.5 cm³/mol. The largest absolute Gasteiger partial charge is 0.486 e. The molecule has 0 saturated heterocycles. The molecule has 0 aromatic heterocycles. The molecule has 0 aliphatic heterocycles. The second-order valence-electron chi connectivity index (χ2n) is 3.91. The van der Waals surface area contributed by atoms with E-state index in [1.807, 2.05) is 0 Å². The van der Waals surface area contributed by atoms with Crippen LogP contribution >= 0.6 is 15.9 Å². The van der Waals surface area contributed by atoms with Gasteiger partial charge in [0.05, 0.1) is 9.40 Å². The summed E-state index contributed by atoms with van der Waals surface area (Å²) in [5.41, 5.74) is 0.356. The molecular formula is C13H8BrF2NO3. The lowest BCUT2D eigenvalue weighted by Crippen LogP contribution is -1.99. The molecule has 20 heavy (non-hydrogen) atoms. The van der Waals surface area contributed by atoms with Gasteiger partial charge in [-0.3, -0.25) is 10.1 Å². The fourth-order valence-corrected chi connectivity index (χ4v) is 1.93. The van der Waals surface area contributed by atoms with Crippen molar-refractivity contribution in [3.05, 3.63) is 68.2 Å². The smallest absolute Gasteiger partial charge is 0.283 e. The SMILES string of the molecule is O=[N+]([O-])c1cc(COc2cc(F)ccc2F)ccc1Br. The summed E-state index contributed by atoms with van der Waals surface area (Å²) in [7, 11) is 0. The van der Waals surface area contributed by atoms with Gasteiger partial charge in [-0.25, -0.2) is 8.78 Å². The van der Waals surface area contributed by atoms with Crippen molar-refractivity contribution in [1.82, 2.24) is 0 Å². The Morgan fingerprint density at radius 2 is 1.95 bits per heavy atom. The average Bonchev–Trinajstić information content (AvgIpc) is 2.41. The third kappa shape index (κ3) is 3.30. The van der Waals surface area contributed by atoms with Crippen LogP contribution in [0.3, 0.4) is 0 Å². The fraction of sp³-hybridized carbons (Fsp3) is 0.0769. The van der Waals surface area contributed by atoms with Crippen molar-refractivity contribution in [1.29, 1.82) is 0 Å². The maximum Gasteiger partial charge on any atom is 0.283 e. The number of ether oxygens (including phenoxy) is 1. The molecule has 0 radical (unpaired) electrons. The van der Waals surface area contributed by atoms with Gasteiger partial charge in [0.15, 0.2) is 11.6 Å². The summed E-state index contributed by atoms with van der Waals surface area (Å²) in [5, 5.41) is 10.8. The molecule has 0 unspecified atom stereocenters. The topological polar surface area (TPSA) is 52.4 Å². The van der Waals surface area contributed by atoms with Gasteiger partial charge in [0.1, 0.15) is 12.4 Å². The summed E-state index contributed by atoms with van der Waals surface area (Å²) in [5.74, 6) is -1.56. The van der Waals surface area contributed by atoms with Crippen molar-refractivity contribution in [2.45, 2.75) is 6.61 Å². The highest BCUT2D eigenvalue weighted by molar-refractivity contribution is 9.10. The number of halogens is 3. The first-order valence-electron chi connectivity index (χ1n) is 5.48. The average molecular weight is 344 g/mol. The molecule has 7 heteroatoms. The van der Waals surface area contributed by atoms with Crippen LogP contribution in [0.25, 0.3) is 0 Å². The highest BCUT2D eigenvalue weighted by atomic mass is 79.9. The van der Waals surface area contributed by atoms with Crippen LogP contribution in [0.2, 0.25) is 0 Å². The molecule has 0 atom stereocenters. The van der Waals surface area contributed by atoms with Crippen LogP contribution in [0, 0.1) is 21.7 Å². The summed E-state index contributed by atoms with van der Waals surface area (Å²) >= 11 is 3.06. The molecule has 4 nitrogen and oxygen atoms in total. The van der Waals surface area contributed by atoms with E-state index in [4.69, 9.17) is 4.74 Å². The van der Waals surface area contributed by atoms with E-state index in [1.54, 1.807) is 6.07 Å². The van der Waals surface area contributed by atoms with Gasteiger partial charge in [-0.2, -0.15) is 0 Å². The van der Waals surface area contributed by atoms with Crippen LogP contribution in [0.15, 0.2) is 40.9 Å². The number of nitrogens with zero attached hydrogens (tertiary/aromatic N) is 1. The zero-order valence-corrected chi connectivity index (χ0v) is 11.6. The van der Waals surface area contributed by atoms with E-state index in [0.29, 0.717) is 10.0 Å². The van der Waals surface area contributed by atoms with Crippen molar-refractivity contribution < 1.29 is 18.4 Å². The molecule has 104 valence electrons. The number of hydrogen-bond donors (Lipinski definition) is 0. The third-order valence-electron chi connectivity index (χ3n) is 2.49. The molecule has 0 heterocycles. The Balaban J connectivity index is 2.17. The zero-order valence-electron chi connectivity index (χ0n) is 9.98. The van der Waals surface area contributed by atoms with Gasteiger partial charge in [0.25, 0.3) is 5.69 Å². The Morgan fingerprint density at radius 1 is 1.20 bits per heavy atom. The number of nitro groups is 1. The molecule has 0 bridgehead atoms. The standard InChI is InChI=1S/C13H8BrF2NO3/c14-10-3-1-8(5-12(10)17(18)19)7-20-13-6-9(15)2-4-11(13)16/h1-6H,7H2. The number of rotatable bonds is 4. The summed E-state index contributed by atoms with van der Waals surface area (Å²) in [4.78, 5) is 10.2. The van der Waals surface area contributed by atoms with Gasteiger partial charge in [-0.15, -0.1) is 0 Å². The molecule has 0 fully saturated rings. The summed E-state index contributed by atoms with van der Waals surface area (Å²) < 4.78 is 31.8. The van der Waals surface area contributed by atoms with Gasteiger partial charge in [-0.05, 0) is 39.7 Å². The first kappa shape index (κ1) is 14.4. The van der Waals surface area contributed by atoms with Gasteiger partial charge in [-0.1, -0.05) is 6.07 Å². The van der Waals surface area contributed by atoms with Crippen molar-refractivity contribution in [2.75, 3.05) is 0 Å². The minimum Gasteiger partial charge on any atom is -0.486 e. The minimum atomic E-state index is -0.696. The summed E-state index contributed by atoms with van der Waals surface area (Å²) in [6.07, 6.45) is 0. The molecule has 0 N–H and O–H groups in total. The molecular weight excluding hydrogens is 336 g/mol. The van der Waals surface area contributed by atoms with E-state index in [1.165, 1.54) is 12.1 Å². The second kappa shape index (κ2) is 5.96. The van der Waals surface area contributed by atoms with Crippen molar-refractivity contribution in [2.24, 2.45) is 0 Å². The molecule has 0 amide bonds. The maximum atomic E-state index is 13.3. The highest BCUT2D eigenvalue weighted by Crippen LogP contribution is 2.26. The quantitative estimate of drug-likeness (QED) is 0.617. The molecule has 2 aromatic rings. The minimum absolute atomic E-state index is 0.103. The van der Waals surface area contributed by atoms with Gasteiger partial charge in [0, 0.05) is 12.1 Å². The Bertz CT molecular complexity index is 664. The Hall–Kier alpha value is -2.02.